The van der Waals surface area contributed by atoms with Crippen molar-refractivity contribution in [3.8, 4) is 5.75 Å². The smallest absolute Gasteiger partial charge is 0.255 e. The molecular formula is C20H24N2O5S2. The van der Waals surface area contributed by atoms with Gasteiger partial charge >= 0.3 is 0 Å². The van der Waals surface area contributed by atoms with Crippen LogP contribution in [-0.4, -0.2) is 58.9 Å². The molecule has 1 saturated heterocycles. The van der Waals surface area contributed by atoms with Crippen LogP contribution >= 0.6 is 11.8 Å². The molecule has 7 nitrogen and oxygen atoms in total. The molecule has 0 aromatic heterocycles. The highest BCUT2D eigenvalue weighted by molar-refractivity contribution is 7.98. The van der Waals surface area contributed by atoms with Crippen LogP contribution in [0.3, 0.4) is 0 Å². The first kappa shape index (κ1) is 21.6. The van der Waals surface area contributed by atoms with Crippen molar-refractivity contribution in [1.82, 2.24) is 9.62 Å². The van der Waals surface area contributed by atoms with E-state index in [0.717, 1.165) is 10.5 Å². The molecule has 3 rings (SSSR count). The zero-order valence-corrected chi connectivity index (χ0v) is 18.0. The number of ether oxygens (including phenoxy) is 2. The molecule has 9 heteroatoms. The van der Waals surface area contributed by atoms with E-state index in [0.29, 0.717) is 37.6 Å². The lowest BCUT2D eigenvalue weighted by Crippen LogP contribution is -2.41. The summed E-state index contributed by atoms with van der Waals surface area (Å²) in [7, 11) is -2.23. The van der Waals surface area contributed by atoms with E-state index in [4.69, 9.17) is 9.47 Å². The van der Waals surface area contributed by atoms with E-state index in [9.17, 15) is 13.2 Å². The number of carbonyl (C=O) groups is 1. The van der Waals surface area contributed by atoms with Gasteiger partial charge in [0.25, 0.3) is 5.91 Å². The Morgan fingerprint density at radius 1 is 1.21 bits per heavy atom. The van der Waals surface area contributed by atoms with Crippen molar-refractivity contribution < 1.29 is 22.7 Å². The summed E-state index contributed by atoms with van der Waals surface area (Å²) in [5, 5.41) is 0. The zero-order valence-electron chi connectivity index (χ0n) is 16.4. The Kier molecular flexibility index (Phi) is 7.18. The maximum absolute atomic E-state index is 12.9. The Balaban J connectivity index is 1.82. The largest absolute Gasteiger partial charge is 0.497 e. The van der Waals surface area contributed by atoms with E-state index >= 15 is 0 Å². The fourth-order valence-electron chi connectivity index (χ4n) is 3.00. The molecule has 1 amide bonds. The van der Waals surface area contributed by atoms with Gasteiger partial charge in [-0.1, -0.05) is 12.1 Å². The van der Waals surface area contributed by atoms with Gasteiger partial charge in [0.05, 0.1) is 30.8 Å². The number of carbonyl (C=O) groups excluding carboxylic acids is 1. The second-order valence-corrected chi connectivity index (χ2v) is 9.06. The van der Waals surface area contributed by atoms with Crippen molar-refractivity contribution in [3.63, 3.8) is 0 Å². The van der Waals surface area contributed by atoms with Crippen molar-refractivity contribution in [1.29, 1.82) is 0 Å². The normalized spacial score (nSPS) is 14.6. The number of benzene rings is 2. The van der Waals surface area contributed by atoms with E-state index in [1.165, 1.54) is 23.9 Å². The number of amides is 1. The second kappa shape index (κ2) is 9.62. The topological polar surface area (TPSA) is 84.9 Å². The Labute approximate surface area is 175 Å². The fourth-order valence-corrected chi connectivity index (χ4v) is 4.62. The Bertz CT molecular complexity index is 973. The molecule has 29 heavy (non-hydrogen) atoms. The van der Waals surface area contributed by atoms with E-state index < -0.39 is 10.0 Å². The average Bonchev–Trinajstić information content (AvgIpc) is 2.77. The predicted octanol–water partition coefficient (Wildman–Crippen LogP) is 2.37. The fraction of sp³-hybridized carbons (Fsp3) is 0.350. The van der Waals surface area contributed by atoms with Gasteiger partial charge in [0, 0.05) is 24.5 Å². The summed E-state index contributed by atoms with van der Waals surface area (Å²) < 4.78 is 38.7. The minimum absolute atomic E-state index is 0.0646. The number of sulfonamides is 1. The van der Waals surface area contributed by atoms with Crippen molar-refractivity contribution in [2.75, 3.05) is 39.7 Å². The van der Waals surface area contributed by atoms with Gasteiger partial charge in [-0.2, -0.15) is 0 Å². The lowest BCUT2D eigenvalue weighted by atomic mass is 10.2. The van der Waals surface area contributed by atoms with Crippen LogP contribution in [0, 0.1) is 0 Å². The maximum Gasteiger partial charge on any atom is 0.255 e. The summed E-state index contributed by atoms with van der Waals surface area (Å²) in [6.45, 7) is 2.09. The molecule has 0 unspecified atom stereocenters. The van der Waals surface area contributed by atoms with Crippen molar-refractivity contribution in [3.05, 3.63) is 53.6 Å². The molecule has 0 bridgehead atoms. The molecule has 0 aliphatic carbocycles. The molecule has 2 aromatic carbocycles. The first-order valence-corrected chi connectivity index (χ1v) is 11.8. The third-order valence-electron chi connectivity index (χ3n) is 4.61. The van der Waals surface area contributed by atoms with Gasteiger partial charge in [-0.05, 0) is 42.2 Å². The SMILES string of the molecule is COc1cccc(CNS(=O)(=O)c2ccc(SC)c(C(=O)N3CCOCC3)c2)c1. The monoisotopic (exact) mass is 436 g/mol. The lowest BCUT2D eigenvalue weighted by molar-refractivity contribution is 0.0300. The number of thioether (sulfide) groups is 1. The minimum atomic E-state index is -3.79. The van der Waals surface area contributed by atoms with Gasteiger partial charge < -0.3 is 14.4 Å². The van der Waals surface area contributed by atoms with Crippen LogP contribution in [-0.2, 0) is 21.3 Å². The Morgan fingerprint density at radius 2 is 1.97 bits per heavy atom. The Morgan fingerprint density at radius 3 is 2.66 bits per heavy atom. The van der Waals surface area contributed by atoms with Crippen LogP contribution in [0.5, 0.6) is 5.75 Å². The summed E-state index contributed by atoms with van der Waals surface area (Å²) >= 11 is 1.41. The molecule has 0 atom stereocenters. The van der Waals surface area contributed by atoms with Gasteiger partial charge in [-0.25, -0.2) is 13.1 Å². The van der Waals surface area contributed by atoms with Gasteiger partial charge in [-0.3, -0.25) is 4.79 Å². The summed E-state index contributed by atoms with van der Waals surface area (Å²) in [6.07, 6.45) is 1.86. The number of morpholine rings is 1. The van der Waals surface area contributed by atoms with Crippen molar-refractivity contribution >= 4 is 27.7 Å². The number of nitrogens with zero attached hydrogens (tertiary/aromatic N) is 1. The van der Waals surface area contributed by atoms with Crippen LogP contribution in [0.15, 0.2) is 52.3 Å². The number of rotatable bonds is 7. The standard InChI is InChI=1S/C20H24N2O5S2/c1-26-16-5-3-4-15(12-16)14-21-29(24,25)17-6-7-19(28-2)18(13-17)20(23)22-8-10-27-11-9-22/h3-7,12-13,21H,8-11,14H2,1-2H3. The average molecular weight is 437 g/mol. The van der Waals surface area contributed by atoms with Crippen LogP contribution in [0.2, 0.25) is 0 Å². The molecule has 2 aromatic rings. The van der Waals surface area contributed by atoms with Gasteiger partial charge in [0.15, 0.2) is 0 Å². The van der Waals surface area contributed by atoms with E-state index in [2.05, 4.69) is 4.72 Å². The van der Waals surface area contributed by atoms with Gasteiger partial charge in [0.1, 0.15) is 5.75 Å². The highest BCUT2D eigenvalue weighted by atomic mass is 32.2. The van der Waals surface area contributed by atoms with E-state index in [1.807, 2.05) is 12.3 Å². The summed E-state index contributed by atoms with van der Waals surface area (Å²) in [4.78, 5) is 15.4. The molecule has 1 N–H and O–H groups in total. The minimum Gasteiger partial charge on any atom is -0.497 e. The van der Waals surface area contributed by atoms with Crippen LogP contribution < -0.4 is 9.46 Å². The lowest BCUT2D eigenvalue weighted by Gasteiger charge is -2.27. The van der Waals surface area contributed by atoms with Gasteiger partial charge in [-0.15, -0.1) is 11.8 Å². The first-order valence-electron chi connectivity index (χ1n) is 9.12. The summed E-state index contributed by atoms with van der Waals surface area (Å²) in [5.41, 5.74) is 1.17. The first-order chi connectivity index (χ1) is 13.9. The zero-order chi connectivity index (χ0) is 20.9. The second-order valence-electron chi connectivity index (χ2n) is 6.44. The summed E-state index contributed by atoms with van der Waals surface area (Å²) in [5.74, 6) is 0.479. The van der Waals surface area contributed by atoms with E-state index in [1.54, 1.807) is 36.3 Å². The quantitative estimate of drug-likeness (QED) is 0.671. The van der Waals surface area contributed by atoms with Crippen LogP contribution in [0.1, 0.15) is 15.9 Å². The molecule has 1 aliphatic heterocycles. The van der Waals surface area contributed by atoms with Crippen molar-refractivity contribution in [2.45, 2.75) is 16.3 Å². The molecule has 0 saturated carbocycles. The molecule has 1 fully saturated rings. The number of nitrogens with one attached hydrogen (secondary N) is 1. The van der Waals surface area contributed by atoms with Gasteiger partial charge in [0.2, 0.25) is 10.0 Å². The third-order valence-corrected chi connectivity index (χ3v) is 6.81. The molecule has 0 spiro atoms. The highest BCUT2D eigenvalue weighted by Gasteiger charge is 2.24. The number of hydrogen-bond donors (Lipinski definition) is 1. The molecule has 156 valence electrons. The molecule has 1 aliphatic rings. The van der Waals surface area contributed by atoms with Crippen LogP contribution in [0.4, 0.5) is 0 Å². The Hall–Kier alpha value is -2.07. The maximum atomic E-state index is 12.9. The predicted molar refractivity (Wildman–Crippen MR) is 112 cm³/mol. The summed E-state index contributed by atoms with van der Waals surface area (Å²) in [6, 6.07) is 11.8. The number of hydrogen-bond acceptors (Lipinski definition) is 6. The molecule has 0 radical (unpaired) electrons. The van der Waals surface area contributed by atoms with E-state index in [-0.39, 0.29) is 17.3 Å². The molecular weight excluding hydrogens is 412 g/mol. The van der Waals surface area contributed by atoms with Crippen LogP contribution in [0.25, 0.3) is 0 Å². The van der Waals surface area contributed by atoms with Crippen molar-refractivity contribution in [2.24, 2.45) is 0 Å². The third kappa shape index (κ3) is 5.30. The molecule has 1 heterocycles. The highest BCUT2D eigenvalue weighted by Crippen LogP contribution is 2.25. The number of methoxy groups -OCH3 is 1.